The Hall–Kier alpha value is -3.28. The number of nitrogens with zero attached hydrogens (tertiary/aromatic N) is 1. The lowest BCUT2D eigenvalue weighted by Gasteiger charge is -2.35. The van der Waals surface area contributed by atoms with Crippen LogP contribution >= 0.6 is 0 Å². The lowest BCUT2D eigenvalue weighted by molar-refractivity contribution is -0.124. The number of carbonyl (C=O) groups is 2. The van der Waals surface area contributed by atoms with E-state index in [-0.39, 0.29) is 30.2 Å². The van der Waals surface area contributed by atoms with Gasteiger partial charge in [0.05, 0.1) is 12.8 Å². The van der Waals surface area contributed by atoms with Gasteiger partial charge in [-0.15, -0.1) is 0 Å². The van der Waals surface area contributed by atoms with E-state index in [1.54, 1.807) is 25.3 Å². The maximum absolute atomic E-state index is 13.3. The summed E-state index contributed by atoms with van der Waals surface area (Å²) in [4.78, 5) is 27.7. The molecule has 2 amide bonds. The van der Waals surface area contributed by atoms with Crippen LogP contribution in [0.1, 0.15) is 38.7 Å². The number of anilines is 1. The molecule has 4 rings (SSSR count). The van der Waals surface area contributed by atoms with Gasteiger partial charge in [0.2, 0.25) is 5.91 Å². The Morgan fingerprint density at radius 3 is 2.66 bits per heavy atom. The van der Waals surface area contributed by atoms with Crippen molar-refractivity contribution in [2.24, 2.45) is 11.8 Å². The summed E-state index contributed by atoms with van der Waals surface area (Å²) >= 11 is 0. The van der Waals surface area contributed by atoms with Gasteiger partial charge in [-0.2, -0.15) is 0 Å². The molecule has 3 unspecified atom stereocenters. The molecule has 0 aromatic heterocycles. The molecule has 0 saturated heterocycles. The van der Waals surface area contributed by atoms with Crippen molar-refractivity contribution in [2.45, 2.75) is 39.2 Å². The highest BCUT2D eigenvalue weighted by atomic mass is 16.5. The van der Waals surface area contributed by atoms with Crippen molar-refractivity contribution in [3.05, 3.63) is 59.9 Å². The number of hydrogen-bond donors (Lipinski definition) is 1. The van der Waals surface area contributed by atoms with Crippen molar-refractivity contribution in [3.8, 4) is 11.5 Å². The summed E-state index contributed by atoms with van der Waals surface area (Å²) in [5.74, 6) is 1.99. The smallest absolute Gasteiger partial charge is 0.294 e. The summed E-state index contributed by atoms with van der Waals surface area (Å²) in [6, 6.07) is 14.8. The third-order valence-corrected chi connectivity index (χ3v) is 6.60. The highest BCUT2D eigenvalue weighted by Gasteiger charge is 2.33. The van der Waals surface area contributed by atoms with Gasteiger partial charge < -0.3 is 14.8 Å². The first kappa shape index (κ1) is 21.9. The zero-order chi connectivity index (χ0) is 22.7. The molecule has 168 valence electrons. The van der Waals surface area contributed by atoms with Gasteiger partial charge in [-0.05, 0) is 54.2 Å². The summed E-state index contributed by atoms with van der Waals surface area (Å²) in [7, 11) is 1.61. The zero-order valence-electron chi connectivity index (χ0n) is 18.8. The van der Waals surface area contributed by atoms with Crippen LogP contribution in [0.3, 0.4) is 0 Å². The standard InChI is InChI=1S/C26H30N2O4/c1-17-7-6-8-21(18(17)2)27-25(29)16-28-22-9-4-5-10-23(22)32-24(26(28)30)15-19-11-13-20(31-3)14-12-19/h4-5,9-15,17-18,21H,6-8,16H2,1-3H3,(H,27,29)/b24-15-. The molecule has 2 aromatic carbocycles. The molecule has 1 N–H and O–H groups in total. The number of benzene rings is 2. The maximum Gasteiger partial charge on any atom is 0.294 e. The van der Waals surface area contributed by atoms with Crippen molar-refractivity contribution in [1.82, 2.24) is 5.32 Å². The third kappa shape index (κ3) is 4.64. The molecule has 0 bridgehead atoms. The Labute approximate surface area is 189 Å². The fourth-order valence-electron chi connectivity index (χ4n) is 4.45. The molecule has 1 heterocycles. The SMILES string of the molecule is COc1ccc(/C=C2\Oc3ccccc3N(CC(=O)NC3CCCC(C)C3C)C2=O)cc1. The largest absolute Gasteiger partial charge is 0.497 e. The molecule has 6 nitrogen and oxygen atoms in total. The van der Waals surface area contributed by atoms with Crippen LogP contribution in [0.15, 0.2) is 54.3 Å². The minimum absolute atomic E-state index is 0.0449. The molecule has 2 aromatic rings. The second kappa shape index (κ2) is 9.47. The topological polar surface area (TPSA) is 67.9 Å². The monoisotopic (exact) mass is 434 g/mol. The number of ether oxygens (including phenoxy) is 2. The third-order valence-electron chi connectivity index (χ3n) is 6.60. The Morgan fingerprint density at radius 2 is 1.91 bits per heavy atom. The number of methoxy groups -OCH3 is 1. The van der Waals surface area contributed by atoms with Crippen LogP contribution in [-0.4, -0.2) is 31.5 Å². The van der Waals surface area contributed by atoms with Crippen molar-refractivity contribution in [1.29, 1.82) is 0 Å². The van der Waals surface area contributed by atoms with Crippen LogP contribution in [0.25, 0.3) is 6.08 Å². The molecule has 1 saturated carbocycles. The van der Waals surface area contributed by atoms with Crippen LogP contribution in [0.2, 0.25) is 0 Å². The number of hydrogen-bond acceptors (Lipinski definition) is 4. The number of fused-ring (bicyclic) bond motifs is 1. The minimum Gasteiger partial charge on any atom is -0.497 e. The lowest BCUT2D eigenvalue weighted by Crippen LogP contribution is -2.49. The van der Waals surface area contributed by atoms with Crippen LogP contribution in [0, 0.1) is 11.8 Å². The Morgan fingerprint density at radius 1 is 1.16 bits per heavy atom. The number of carbonyl (C=O) groups excluding carboxylic acids is 2. The molecule has 6 heteroatoms. The molecule has 1 aliphatic heterocycles. The van der Waals surface area contributed by atoms with E-state index >= 15 is 0 Å². The van der Waals surface area contributed by atoms with Crippen LogP contribution in [0.5, 0.6) is 11.5 Å². The average Bonchev–Trinajstić information content (AvgIpc) is 2.80. The number of rotatable bonds is 5. The van der Waals surface area contributed by atoms with Gasteiger partial charge in [-0.25, -0.2) is 0 Å². The molecule has 2 aliphatic rings. The predicted molar refractivity (Wildman–Crippen MR) is 125 cm³/mol. The molecule has 1 fully saturated rings. The average molecular weight is 435 g/mol. The maximum atomic E-state index is 13.3. The number of nitrogens with one attached hydrogen (secondary N) is 1. The van der Waals surface area contributed by atoms with Gasteiger partial charge in [0.15, 0.2) is 11.5 Å². The lowest BCUT2D eigenvalue weighted by atomic mass is 9.78. The van der Waals surface area contributed by atoms with E-state index in [9.17, 15) is 9.59 Å². The van der Waals surface area contributed by atoms with Gasteiger partial charge in [0.25, 0.3) is 5.91 Å². The first-order valence-electron chi connectivity index (χ1n) is 11.2. The summed E-state index contributed by atoms with van der Waals surface area (Å²) in [5, 5.41) is 3.17. The molecular formula is C26H30N2O4. The van der Waals surface area contributed by atoms with E-state index in [2.05, 4.69) is 19.2 Å². The summed E-state index contributed by atoms with van der Waals surface area (Å²) in [6.45, 7) is 4.39. The zero-order valence-corrected chi connectivity index (χ0v) is 18.8. The number of para-hydroxylation sites is 2. The molecule has 32 heavy (non-hydrogen) atoms. The molecule has 0 radical (unpaired) electrons. The minimum atomic E-state index is -0.334. The van der Waals surface area contributed by atoms with E-state index < -0.39 is 0 Å². The van der Waals surface area contributed by atoms with Crippen molar-refractivity contribution in [2.75, 3.05) is 18.6 Å². The van der Waals surface area contributed by atoms with Crippen molar-refractivity contribution < 1.29 is 19.1 Å². The van der Waals surface area contributed by atoms with E-state index in [0.717, 1.165) is 24.2 Å². The second-order valence-electron chi connectivity index (χ2n) is 8.68. The summed E-state index contributed by atoms with van der Waals surface area (Å²) < 4.78 is 11.1. The fraction of sp³-hybridized carbons (Fsp3) is 0.385. The van der Waals surface area contributed by atoms with Crippen LogP contribution < -0.4 is 19.7 Å². The Kier molecular flexibility index (Phi) is 6.49. The van der Waals surface area contributed by atoms with Gasteiger partial charge in [-0.1, -0.05) is 51.0 Å². The first-order valence-corrected chi connectivity index (χ1v) is 11.2. The van der Waals surface area contributed by atoms with Gasteiger partial charge >= 0.3 is 0 Å². The Bertz CT molecular complexity index is 1010. The van der Waals surface area contributed by atoms with Crippen LogP contribution in [-0.2, 0) is 9.59 Å². The molecular weight excluding hydrogens is 404 g/mol. The number of amides is 2. The Balaban J connectivity index is 1.55. The van der Waals surface area contributed by atoms with E-state index in [1.165, 1.54) is 11.3 Å². The van der Waals surface area contributed by atoms with E-state index in [1.807, 2.05) is 36.4 Å². The van der Waals surface area contributed by atoms with Crippen LogP contribution in [0.4, 0.5) is 5.69 Å². The summed E-state index contributed by atoms with van der Waals surface area (Å²) in [6.07, 6.45) is 4.98. The van der Waals surface area contributed by atoms with Gasteiger partial charge in [-0.3, -0.25) is 14.5 Å². The first-order chi connectivity index (χ1) is 15.5. The highest BCUT2D eigenvalue weighted by molar-refractivity contribution is 6.12. The molecule has 3 atom stereocenters. The second-order valence-corrected chi connectivity index (χ2v) is 8.68. The van der Waals surface area contributed by atoms with Gasteiger partial charge in [0.1, 0.15) is 12.3 Å². The normalized spacial score (nSPS) is 24.0. The molecule has 1 aliphatic carbocycles. The van der Waals surface area contributed by atoms with Gasteiger partial charge in [0, 0.05) is 6.04 Å². The predicted octanol–water partition coefficient (Wildman–Crippen LogP) is 4.40. The van der Waals surface area contributed by atoms with Crippen molar-refractivity contribution >= 4 is 23.6 Å². The molecule has 0 spiro atoms. The fourth-order valence-corrected chi connectivity index (χ4v) is 4.45. The van der Waals surface area contributed by atoms with E-state index in [0.29, 0.717) is 23.3 Å². The van der Waals surface area contributed by atoms with E-state index in [4.69, 9.17) is 9.47 Å². The van der Waals surface area contributed by atoms with Crippen molar-refractivity contribution in [3.63, 3.8) is 0 Å². The summed E-state index contributed by atoms with van der Waals surface area (Å²) in [5.41, 5.74) is 1.41. The highest BCUT2D eigenvalue weighted by Crippen LogP contribution is 2.36. The quantitative estimate of drug-likeness (QED) is 0.708.